The quantitative estimate of drug-likeness (QED) is 0.714. The summed E-state index contributed by atoms with van der Waals surface area (Å²) < 4.78 is 11.1. The van der Waals surface area contributed by atoms with Gasteiger partial charge in [-0.25, -0.2) is 9.97 Å². The number of nitrogens with one attached hydrogen (secondary N) is 1. The summed E-state index contributed by atoms with van der Waals surface area (Å²) in [5, 5.41) is 3.23. The van der Waals surface area contributed by atoms with E-state index in [0.29, 0.717) is 43.6 Å². The van der Waals surface area contributed by atoms with Crippen LogP contribution in [-0.2, 0) is 4.74 Å². The first kappa shape index (κ1) is 18.9. The average molecular weight is 390 g/mol. The average Bonchev–Trinajstić information content (AvgIpc) is 2.75. The van der Waals surface area contributed by atoms with E-state index in [4.69, 9.17) is 9.47 Å². The summed E-state index contributed by atoms with van der Waals surface area (Å²) >= 11 is 0. The maximum atomic E-state index is 12.7. The SMILES string of the molecule is Cc1nc(Nc2ccc(Oc3ccccc3)cc2)cc(C(=O)N2CCOCC2)n1. The second-order valence-electron chi connectivity index (χ2n) is 6.65. The summed E-state index contributed by atoms with van der Waals surface area (Å²) in [6, 6.07) is 18.9. The van der Waals surface area contributed by atoms with E-state index in [0.717, 1.165) is 17.2 Å². The number of hydrogen-bond donors (Lipinski definition) is 1. The number of hydrogen-bond acceptors (Lipinski definition) is 6. The molecule has 1 amide bonds. The highest BCUT2D eigenvalue weighted by atomic mass is 16.5. The number of para-hydroxylation sites is 1. The Morgan fingerprint density at radius 1 is 1.00 bits per heavy atom. The first-order valence-electron chi connectivity index (χ1n) is 9.50. The maximum Gasteiger partial charge on any atom is 0.272 e. The number of benzene rings is 2. The van der Waals surface area contributed by atoms with Crippen molar-refractivity contribution in [3.63, 3.8) is 0 Å². The van der Waals surface area contributed by atoms with Crippen molar-refractivity contribution in [2.24, 2.45) is 0 Å². The van der Waals surface area contributed by atoms with Crippen LogP contribution in [0.15, 0.2) is 60.7 Å². The lowest BCUT2D eigenvalue weighted by Crippen LogP contribution is -2.41. The van der Waals surface area contributed by atoms with Crippen molar-refractivity contribution in [1.82, 2.24) is 14.9 Å². The molecule has 1 fully saturated rings. The fourth-order valence-electron chi connectivity index (χ4n) is 3.05. The van der Waals surface area contributed by atoms with E-state index in [1.54, 1.807) is 17.9 Å². The van der Waals surface area contributed by atoms with E-state index in [1.165, 1.54) is 0 Å². The molecular weight excluding hydrogens is 368 g/mol. The number of ether oxygens (including phenoxy) is 2. The predicted molar refractivity (Wildman–Crippen MR) is 110 cm³/mol. The van der Waals surface area contributed by atoms with Gasteiger partial charge in [0.15, 0.2) is 0 Å². The highest BCUT2D eigenvalue weighted by Crippen LogP contribution is 2.24. The number of aromatic nitrogens is 2. The lowest BCUT2D eigenvalue weighted by Gasteiger charge is -2.26. The maximum absolute atomic E-state index is 12.7. The van der Waals surface area contributed by atoms with Crippen LogP contribution in [0.4, 0.5) is 11.5 Å². The number of morpholine rings is 1. The molecule has 7 heteroatoms. The monoisotopic (exact) mass is 390 g/mol. The number of anilines is 2. The van der Waals surface area contributed by atoms with E-state index >= 15 is 0 Å². The van der Waals surface area contributed by atoms with Gasteiger partial charge in [0.25, 0.3) is 5.91 Å². The molecule has 7 nitrogen and oxygen atoms in total. The minimum Gasteiger partial charge on any atom is -0.457 e. The zero-order valence-corrected chi connectivity index (χ0v) is 16.2. The van der Waals surface area contributed by atoms with Crippen LogP contribution in [0.1, 0.15) is 16.3 Å². The van der Waals surface area contributed by atoms with Gasteiger partial charge >= 0.3 is 0 Å². The molecule has 1 N–H and O–H groups in total. The summed E-state index contributed by atoms with van der Waals surface area (Å²) in [6.45, 7) is 4.04. The van der Waals surface area contributed by atoms with Crippen LogP contribution >= 0.6 is 0 Å². The Labute approximate surface area is 169 Å². The molecule has 0 spiro atoms. The van der Waals surface area contributed by atoms with Crippen LogP contribution in [0.3, 0.4) is 0 Å². The number of nitrogens with zero attached hydrogens (tertiary/aromatic N) is 3. The molecule has 1 saturated heterocycles. The summed E-state index contributed by atoms with van der Waals surface area (Å²) in [7, 11) is 0. The number of rotatable bonds is 5. The molecule has 29 heavy (non-hydrogen) atoms. The van der Waals surface area contributed by atoms with Gasteiger partial charge in [-0.05, 0) is 43.3 Å². The molecule has 3 aromatic rings. The van der Waals surface area contributed by atoms with Gasteiger partial charge in [0.1, 0.15) is 28.8 Å². The van der Waals surface area contributed by atoms with Crippen LogP contribution in [0, 0.1) is 6.92 Å². The Morgan fingerprint density at radius 3 is 2.41 bits per heavy atom. The molecule has 0 saturated carbocycles. The Kier molecular flexibility index (Phi) is 5.67. The molecule has 1 aromatic heterocycles. The third-order valence-electron chi connectivity index (χ3n) is 4.46. The molecule has 0 radical (unpaired) electrons. The minimum atomic E-state index is -0.103. The van der Waals surface area contributed by atoms with Gasteiger partial charge in [-0.15, -0.1) is 0 Å². The van der Waals surface area contributed by atoms with E-state index in [9.17, 15) is 4.79 Å². The summed E-state index contributed by atoms with van der Waals surface area (Å²) in [5.41, 5.74) is 1.22. The van der Waals surface area contributed by atoms with Crippen molar-refractivity contribution in [3.8, 4) is 11.5 Å². The van der Waals surface area contributed by atoms with Gasteiger partial charge in [-0.1, -0.05) is 18.2 Å². The standard InChI is InChI=1S/C22H22N4O3/c1-16-23-20(22(27)26-11-13-28-14-12-26)15-21(24-16)25-17-7-9-19(10-8-17)29-18-5-3-2-4-6-18/h2-10,15H,11-14H2,1H3,(H,23,24,25). The second kappa shape index (κ2) is 8.70. The van der Waals surface area contributed by atoms with Crippen LogP contribution in [0.5, 0.6) is 11.5 Å². The molecule has 148 valence electrons. The number of carbonyl (C=O) groups excluding carboxylic acids is 1. The van der Waals surface area contributed by atoms with Crippen LogP contribution in [0.25, 0.3) is 0 Å². The van der Waals surface area contributed by atoms with Crippen molar-refractivity contribution >= 4 is 17.4 Å². The Hall–Kier alpha value is -3.45. The highest BCUT2D eigenvalue weighted by Gasteiger charge is 2.20. The molecule has 0 unspecified atom stereocenters. The molecule has 2 aromatic carbocycles. The van der Waals surface area contributed by atoms with Gasteiger partial charge in [-0.2, -0.15) is 0 Å². The third kappa shape index (κ3) is 4.89. The molecule has 1 aliphatic rings. The highest BCUT2D eigenvalue weighted by molar-refractivity contribution is 5.93. The normalized spacial score (nSPS) is 13.8. The van der Waals surface area contributed by atoms with Gasteiger partial charge in [0.05, 0.1) is 13.2 Å². The third-order valence-corrected chi connectivity index (χ3v) is 4.46. The van der Waals surface area contributed by atoms with Gasteiger partial charge < -0.3 is 19.7 Å². The number of aryl methyl sites for hydroxylation is 1. The molecule has 0 aliphatic carbocycles. The van der Waals surface area contributed by atoms with Crippen molar-refractivity contribution in [2.45, 2.75) is 6.92 Å². The fraction of sp³-hybridized carbons (Fsp3) is 0.227. The molecule has 0 bridgehead atoms. The van der Waals surface area contributed by atoms with E-state index in [-0.39, 0.29) is 5.91 Å². The minimum absolute atomic E-state index is 0.103. The first-order chi connectivity index (χ1) is 14.2. The zero-order valence-electron chi connectivity index (χ0n) is 16.2. The largest absolute Gasteiger partial charge is 0.457 e. The van der Waals surface area contributed by atoms with Crippen molar-refractivity contribution in [2.75, 3.05) is 31.6 Å². The Morgan fingerprint density at radius 2 is 1.69 bits per heavy atom. The van der Waals surface area contributed by atoms with E-state index < -0.39 is 0 Å². The predicted octanol–water partition coefficient (Wildman–Crippen LogP) is 3.79. The number of amides is 1. The van der Waals surface area contributed by atoms with Gasteiger partial charge in [0.2, 0.25) is 0 Å². The fourth-order valence-corrected chi connectivity index (χ4v) is 3.05. The topological polar surface area (TPSA) is 76.6 Å². The van der Waals surface area contributed by atoms with Gasteiger partial charge in [0, 0.05) is 24.8 Å². The molecule has 2 heterocycles. The number of carbonyl (C=O) groups is 1. The summed E-state index contributed by atoms with van der Waals surface area (Å²) in [5.74, 6) is 2.53. The van der Waals surface area contributed by atoms with Crippen molar-refractivity contribution < 1.29 is 14.3 Å². The van der Waals surface area contributed by atoms with E-state index in [1.807, 2.05) is 54.6 Å². The summed E-state index contributed by atoms with van der Waals surface area (Å²) in [4.78, 5) is 23.2. The van der Waals surface area contributed by atoms with Gasteiger partial charge in [-0.3, -0.25) is 4.79 Å². The lowest BCUT2D eigenvalue weighted by atomic mass is 10.2. The molecule has 1 aliphatic heterocycles. The smallest absolute Gasteiger partial charge is 0.272 e. The molecular formula is C22H22N4O3. The van der Waals surface area contributed by atoms with Crippen LogP contribution in [0.2, 0.25) is 0 Å². The van der Waals surface area contributed by atoms with Crippen molar-refractivity contribution in [1.29, 1.82) is 0 Å². The molecule has 4 rings (SSSR count). The van der Waals surface area contributed by atoms with Crippen LogP contribution in [-0.4, -0.2) is 47.1 Å². The van der Waals surface area contributed by atoms with E-state index in [2.05, 4.69) is 15.3 Å². The summed E-state index contributed by atoms with van der Waals surface area (Å²) in [6.07, 6.45) is 0. The lowest BCUT2D eigenvalue weighted by molar-refractivity contribution is 0.0299. The van der Waals surface area contributed by atoms with Crippen LogP contribution < -0.4 is 10.1 Å². The van der Waals surface area contributed by atoms with Crippen molar-refractivity contribution in [3.05, 3.63) is 72.2 Å². The second-order valence-corrected chi connectivity index (χ2v) is 6.65. The Balaban J connectivity index is 1.46. The zero-order chi connectivity index (χ0) is 20.1. The molecule has 0 atom stereocenters. The first-order valence-corrected chi connectivity index (χ1v) is 9.50. The Bertz CT molecular complexity index is 971.